The summed E-state index contributed by atoms with van der Waals surface area (Å²) in [6, 6.07) is 1.64. The molecule has 1 saturated carbocycles. The zero-order valence-corrected chi connectivity index (χ0v) is 10.7. The van der Waals surface area contributed by atoms with Gasteiger partial charge in [0, 0.05) is 13.3 Å². The van der Waals surface area contributed by atoms with Crippen LogP contribution in [0.3, 0.4) is 0 Å². The molecule has 0 bridgehead atoms. The average Bonchev–Trinajstić information content (AvgIpc) is 3.09. The van der Waals surface area contributed by atoms with Crippen LogP contribution >= 0.6 is 0 Å². The van der Waals surface area contributed by atoms with Gasteiger partial charge in [-0.3, -0.25) is 4.98 Å². The lowest BCUT2D eigenvalue weighted by Gasteiger charge is -2.22. The Hall–Kier alpha value is -1.95. The van der Waals surface area contributed by atoms with E-state index in [9.17, 15) is 5.11 Å². The van der Waals surface area contributed by atoms with Gasteiger partial charge in [-0.05, 0) is 31.7 Å². The molecule has 0 aromatic carbocycles. The van der Waals surface area contributed by atoms with E-state index in [2.05, 4.69) is 15.1 Å². The van der Waals surface area contributed by atoms with Crippen LogP contribution in [0.15, 0.2) is 23.0 Å². The van der Waals surface area contributed by atoms with Crippen molar-refractivity contribution < 1.29 is 14.4 Å². The third kappa shape index (κ3) is 1.98. The summed E-state index contributed by atoms with van der Waals surface area (Å²) in [6.07, 6.45) is 6.90. The maximum Gasteiger partial charge on any atom is 0.261 e. The van der Waals surface area contributed by atoms with Gasteiger partial charge in [0.15, 0.2) is 0 Å². The van der Waals surface area contributed by atoms with E-state index in [0.29, 0.717) is 17.3 Å². The van der Waals surface area contributed by atoms with Gasteiger partial charge >= 0.3 is 0 Å². The van der Waals surface area contributed by atoms with Crippen molar-refractivity contribution in [2.45, 2.75) is 31.3 Å². The minimum Gasteiger partial charge on any atom is -0.505 e. The van der Waals surface area contributed by atoms with E-state index in [0.717, 1.165) is 25.7 Å². The van der Waals surface area contributed by atoms with Crippen LogP contribution in [-0.2, 0) is 10.3 Å². The first-order valence-corrected chi connectivity index (χ1v) is 6.28. The van der Waals surface area contributed by atoms with Crippen molar-refractivity contribution in [2.75, 3.05) is 7.11 Å². The molecule has 1 aliphatic rings. The van der Waals surface area contributed by atoms with E-state index in [-0.39, 0.29) is 5.75 Å². The predicted octanol–water partition coefficient (Wildman–Crippen LogP) is 2.25. The van der Waals surface area contributed by atoms with Gasteiger partial charge in [-0.1, -0.05) is 5.16 Å². The first-order chi connectivity index (χ1) is 9.25. The van der Waals surface area contributed by atoms with Crippen LogP contribution in [0.25, 0.3) is 11.5 Å². The Morgan fingerprint density at radius 2 is 2.16 bits per heavy atom. The summed E-state index contributed by atoms with van der Waals surface area (Å²) in [7, 11) is 1.67. The number of rotatable bonds is 3. The molecule has 2 aromatic heterocycles. The van der Waals surface area contributed by atoms with Crippen molar-refractivity contribution >= 4 is 0 Å². The van der Waals surface area contributed by atoms with Crippen LogP contribution in [-0.4, -0.2) is 27.3 Å². The summed E-state index contributed by atoms with van der Waals surface area (Å²) < 4.78 is 10.8. The molecule has 2 heterocycles. The topological polar surface area (TPSA) is 81.3 Å². The second-order valence-electron chi connectivity index (χ2n) is 4.72. The molecule has 3 rings (SSSR count). The van der Waals surface area contributed by atoms with Crippen molar-refractivity contribution in [1.29, 1.82) is 0 Å². The lowest BCUT2D eigenvalue weighted by atomic mass is 10.0. The quantitative estimate of drug-likeness (QED) is 0.912. The average molecular weight is 261 g/mol. The number of pyridine rings is 1. The number of nitrogens with zero attached hydrogens (tertiary/aromatic N) is 3. The summed E-state index contributed by atoms with van der Waals surface area (Å²) in [4.78, 5) is 8.20. The number of ether oxygens (including phenoxy) is 1. The Bertz CT molecular complexity index is 576. The summed E-state index contributed by atoms with van der Waals surface area (Å²) in [6.45, 7) is 0. The highest BCUT2D eigenvalue weighted by Crippen LogP contribution is 2.41. The molecule has 0 aliphatic heterocycles. The van der Waals surface area contributed by atoms with E-state index >= 15 is 0 Å². The van der Waals surface area contributed by atoms with Gasteiger partial charge in [0.05, 0.1) is 11.8 Å². The van der Waals surface area contributed by atoms with Crippen LogP contribution in [0.2, 0.25) is 0 Å². The van der Waals surface area contributed by atoms with Gasteiger partial charge in [-0.25, -0.2) is 0 Å². The lowest BCUT2D eigenvalue weighted by molar-refractivity contribution is -0.0178. The standard InChI is InChI=1S/C13H15N3O3/c1-18-13(5-2-3-6-13)12-15-11(19-16-12)9-4-7-14-8-10(9)17/h4,7-8,17H,2-3,5-6H2,1H3. The van der Waals surface area contributed by atoms with E-state index in [1.54, 1.807) is 19.4 Å². The third-order valence-electron chi connectivity index (χ3n) is 3.67. The first kappa shape index (κ1) is 12.1. The maximum atomic E-state index is 9.74. The number of methoxy groups -OCH3 is 1. The van der Waals surface area contributed by atoms with E-state index < -0.39 is 5.60 Å². The summed E-state index contributed by atoms with van der Waals surface area (Å²) in [5.74, 6) is 0.868. The third-order valence-corrected chi connectivity index (χ3v) is 3.67. The molecule has 1 aliphatic carbocycles. The smallest absolute Gasteiger partial charge is 0.261 e. The summed E-state index contributed by atoms with van der Waals surface area (Å²) in [5.41, 5.74) is 0.0442. The molecule has 1 N–H and O–H groups in total. The Kier molecular flexibility index (Phi) is 2.94. The van der Waals surface area contributed by atoms with Gasteiger partial charge < -0.3 is 14.4 Å². The molecule has 19 heavy (non-hydrogen) atoms. The minimum atomic E-state index is -0.440. The molecule has 0 saturated heterocycles. The van der Waals surface area contributed by atoms with Gasteiger partial charge in [-0.15, -0.1) is 0 Å². The fraction of sp³-hybridized carbons (Fsp3) is 0.462. The molecule has 6 nitrogen and oxygen atoms in total. The Morgan fingerprint density at radius 3 is 2.84 bits per heavy atom. The first-order valence-electron chi connectivity index (χ1n) is 6.28. The Morgan fingerprint density at radius 1 is 1.37 bits per heavy atom. The molecular formula is C13H15N3O3. The normalized spacial score (nSPS) is 17.7. The molecule has 2 aromatic rings. The van der Waals surface area contributed by atoms with Crippen molar-refractivity contribution in [3.63, 3.8) is 0 Å². The fourth-order valence-corrected chi connectivity index (χ4v) is 2.55. The number of aromatic nitrogens is 3. The zero-order chi connectivity index (χ0) is 13.3. The van der Waals surface area contributed by atoms with E-state index in [4.69, 9.17) is 9.26 Å². The summed E-state index contributed by atoms with van der Waals surface area (Å²) >= 11 is 0. The molecule has 0 atom stereocenters. The van der Waals surface area contributed by atoms with Crippen LogP contribution in [0, 0.1) is 0 Å². The van der Waals surface area contributed by atoms with E-state index in [1.807, 2.05) is 0 Å². The maximum absolute atomic E-state index is 9.74. The number of hydrogen-bond donors (Lipinski definition) is 1. The van der Waals surface area contributed by atoms with Crippen molar-refractivity contribution in [3.8, 4) is 17.2 Å². The van der Waals surface area contributed by atoms with E-state index in [1.165, 1.54) is 6.20 Å². The highest BCUT2D eigenvalue weighted by Gasteiger charge is 2.40. The van der Waals surface area contributed by atoms with Crippen molar-refractivity contribution in [1.82, 2.24) is 15.1 Å². The molecule has 0 amide bonds. The molecule has 100 valence electrons. The zero-order valence-electron chi connectivity index (χ0n) is 10.7. The van der Waals surface area contributed by atoms with Gasteiger partial charge in [0.25, 0.3) is 5.89 Å². The van der Waals surface area contributed by atoms with Gasteiger partial charge in [0.2, 0.25) is 5.82 Å². The van der Waals surface area contributed by atoms with Gasteiger partial charge in [0.1, 0.15) is 11.4 Å². The van der Waals surface area contributed by atoms with Crippen LogP contribution in [0.5, 0.6) is 5.75 Å². The molecule has 0 unspecified atom stereocenters. The summed E-state index contributed by atoms with van der Waals surface area (Å²) in [5, 5.41) is 13.8. The van der Waals surface area contributed by atoms with Crippen LogP contribution in [0.1, 0.15) is 31.5 Å². The van der Waals surface area contributed by atoms with Crippen LogP contribution in [0.4, 0.5) is 0 Å². The molecule has 0 radical (unpaired) electrons. The highest BCUT2D eigenvalue weighted by atomic mass is 16.5. The number of hydrogen-bond acceptors (Lipinski definition) is 6. The molecular weight excluding hydrogens is 246 g/mol. The largest absolute Gasteiger partial charge is 0.505 e. The second-order valence-corrected chi connectivity index (χ2v) is 4.72. The van der Waals surface area contributed by atoms with Crippen LogP contribution < -0.4 is 0 Å². The second kappa shape index (κ2) is 4.62. The molecule has 1 fully saturated rings. The molecule has 0 spiro atoms. The SMILES string of the molecule is COC1(c2noc(-c3ccncc3O)n2)CCCC1. The minimum absolute atomic E-state index is 0.0237. The lowest BCUT2D eigenvalue weighted by Crippen LogP contribution is -2.25. The number of aromatic hydroxyl groups is 1. The Labute approximate surface area is 110 Å². The fourth-order valence-electron chi connectivity index (χ4n) is 2.55. The monoisotopic (exact) mass is 261 g/mol. The van der Waals surface area contributed by atoms with Crippen molar-refractivity contribution in [2.24, 2.45) is 0 Å². The predicted molar refractivity (Wildman–Crippen MR) is 66.3 cm³/mol. The van der Waals surface area contributed by atoms with Crippen molar-refractivity contribution in [3.05, 3.63) is 24.3 Å². The molecule has 6 heteroatoms. The van der Waals surface area contributed by atoms with Gasteiger partial charge in [-0.2, -0.15) is 4.98 Å². The Balaban J connectivity index is 1.98. The highest BCUT2D eigenvalue weighted by molar-refractivity contribution is 5.60.